The van der Waals surface area contributed by atoms with Gasteiger partial charge in [-0.3, -0.25) is 0 Å². The Balaban J connectivity index is 1.87. The summed E-state index contributed by atoms with van der Waals surface area (Å²) in [6.07, 6.45) is 1.71. The molecule has 3 heteroatoms. The fourth-order valence-corrected chi connectivity index (χ4v) is 2.05. The lowest BCUT2D eigenvalue weighted by atomic mass is 10.1. The first-order valence-corrected chi connectivity index (χ1v) is 7.14. The van der Waals surface area contributed by atoms with E-state index in [2.05, 4.69) is 15.9 Å². The van der Waals surface area contributed by atoms with Gasteiger partial charge in [0.1, 0.15) is 12.4 Å². The third-order valence-corrected chi connectivity index (χ3v) is 3.39. The lowest BCUT2D eigenvalue weighted by molar-refractivity contribution is 0.288. The van der Waals surface area contributed by atoms with E-state index in [0.717, 1.165) is 28.6 Å². The summed E-state index contributed by atoms with van der Waals surface area (Å²) in [6.45, 7) is 0.811. The van der Waals surface area contributed by atoms with Crippen LogP contribution in [0.4, 0.5) is 0 Å². The molecule has 0 atom stereocenters. The molecule has 0 heterocycles. The predicted molar refractivity (Wildman–Crippen MR) is 80.3 cm³/mol. The predicted octanol–water partition coefficient (Wildman–Crippen LogP) is 3.95. The van der Waals surface area contributed by atoms with Gasteiger partial charge in [0.15, 0.2) is 0 Å². The van der Waals surface area contributed by atoms with Crippen molar-refractivity contribution in [2.75, 3.05) is 6.61 Å². The van der Waals surface area contributed by atoms with E-state index in [0.29, 0.717) is 6.61 Å². The molecule has 0 radical (unpaired) electrons. The fraction of sp³-hybridized carbons (Fsp3) is 0.250. The molecule has 1 N–H and O–H groups in total. The van der Waals surface area contributed by atoms with Crippen molar-refractivity contribution in [3.05, 3.63) is 64.1 Å². The van der Waals surface area contributed by atoms with Crippen molar-refractivity contribution < 1.29 is 9.84 Å². The second kappa shape index (κ2) is 7.31. The maximum Gasteiger partial charge on any atom is 0.119 e. The number of ether oxygens (including phenoxy) is 1. The molecule has 19 heavy (non-hydrogen) atoms. The lowest BCUT2D eigenvalue weighted by Gasteiger charge is -2.07. The van der Waals surface area contributed by atoms with Gasteiger partial charge in [-0.15, -0.1) is 0 Å². The van der Waals surface area contributed by atoms with Crippen LogP contribution < -0.4 is 4.74 Å². The standard InChI is InChI=1S/C16H17BrO2/c17-15-7-3-14(4-8-15)12-19-16-9-5-13(6-10-16)2-1-11-18/h3-10,18H,1-2,11-12H2. The van der Waals surface area contributed by atoms with Gasteiger partial charge in [0.05, 0.1) is 0 Å². The van der Waals surface area contributed by atoms with Gasteiger partial charge in [-0.1, -0.05) is 40.2 Å². The number of halogens is 1. The number of hydrogen-bond donors (Lipinski definition) is 1. The third-order valence-electron chi connectivity index (χ3n) is 2.87. The van der Waals surface area contributed by atoms with E-state index in [1.807, 2.05) is 48.5 Å². The average Bonchev–Trinajstić information content (AvgIpc) is 2.46. The lowest BCUT2D eigenvalue weighted by Crippen LogP contribution is -1.95. The molecule has 0 aliphatic heterocycles. The molecule has 0 unspecified atom stereocenters. The maximum atomic E-state index is 8.78. The molecule has 0 aliphatic carbocycles. The highest BCUT2D eigenvalue weighted by Gasteiger charge is 1.97. The van der Waals surface area contributed by atoms with Crippen LogP contribution in [0, 0.1) is 0 Å². The molecular formula is C16H17BrO2. The van der Waals surface area contributed by atoms with Gasteiger partial charge in [-0.05, 0) is 48.2 Å². The highest BCUT2D eigenvalue weighted by atomic mass is 79.9. The number of aliphatic hydroxyl groups is 1. The van der Waals surface area contributed by atoms with Crippen molar-refractivity contribution in [2.45, 2.75) is 19.4 Å². The zero-order chi connectivity index (χ0) is 13.5. The summed E-state index contributed by atoms with van der Waals surface area (Å²) in [4.78, 5) is 0. The van der Waals surface area contributed by atoms with Crippen molar-refractivity contribution >= 4 is 15.9 Å². The van der Waals surface area contributed by atoms with Crippen LogP contribution in [0.1, 0.15) is 17.5 Å². The first-order valence-electron chi connectivity index (χ1n) is 6.35. The van der Waals surface area contributed by atoms with E-state index in [9.17, 15) is 0 Å². The minimum absolute atomic E-state index is 0.238. The Morgan fingerprint density at radius 3 is 2.16 bits per heavy atom. The summed E-state index contributed by atoms with van der Waals surface area (Å²) in [6, 6.07) is 16.2. The quantitative estimate of drug-likeness (QED) is 0.873. The molecule has 2 aromatic carbocycles. The van der Waals surface area contributed by atoms with E-state index >= 15 is 0 Å². The van der Waals surface area contributed by atoms with Crippen LogP contribution in [0.3, 0.4) is 0 Å². The molecule has 0 aliphatic rings. The van der Waals surface area contributed by atoms with Gasteiger partial charge in [0.2, 0.25) is 0 Å². The van der Waals surface area contributed by atoms with Crippen LogP contribution in [0.5, 0.6) is 5.75 Å². The van der Waals surface area contributed by atoms with Gasteiger partial charge in [-0.25, -0.2) is 0 Å². The van der Waals surface area contributed by atoms with Crippen LogP contribution in [0.15, 0.2) is 53.0 Å². The Labute approximate surface area is 122 Å². The van der Waals surface area contributed by atoms with Crippen LogP contribution in [0.2, 0.25) is 0 Å². The summed E-state index contributed by atoms with van der Waals surface area (Å²) in [5.41, 5.74) is 2.37. The normalized spacial score (nSPS) is 10.4. The smallest absolute Gasteiger partial charge is 0.119 e. The summed E-state index contributed by atoms with van der Waals surface area (Å²) in [7, 11) is 0. The Kier molecular flexibility index (Phi) is 5.43. The van der Waals surface area contributed by atoms with Gasteiger partial charge < -0.3 is 9.84 Å². The van der Waals surface area contributed by atoms with Crippen molar-refractivity contribution in [2.24, 2.45) is 0 Å². The van der Waals surface area contributed by atoms with Crippen LogP contribution >= 0.6 is 15.9 Å². The monoisotopic (exact) mass is 320 g/mol. The number of hydrogen-bond acceptors (Lipinski definition) is 2. The molecule has 0 saturated carbocycles. The van der Waals surface area contributed by atoms with Crippen molar-refractivity contribution in [1.29, 1.82) is 0 Å². The molecule has 0 bridgehead atoms. The first kappa shape index (κ1) is 14.1. The Bertz CT molecular complexity index is 491. The van der Waals surface area contributed by atoms with Crippen molar-refractivity contribution in [3.8, 4) is 5.75 Å². The van der Waals surface area contributed by atoms with E-state index in [1.54, 1.807) is 0 Å². The van der Waals surface area contributed by atoms with Crippen LogP contribution in [-0.4, -0.2) is 11.7 Å². The molecule has 100 valence electrons. The molecule has 0 saturated heterocycles. The van der Waals surface area contributed by atoms with E-state index in [1.165, 1.54) is 5.56 Å². The second-order valence-corrected chi connectivity index (χ2v) is 5.30. The molecule has 2 nitrogen and oxygen atoms in total. The van der Waals surface area contributed by atoms with Crippen molar-refractivity contribution in [1.82, 2.24) is 0 Å². The molecule has 0 fully saturated rings. The largest absolute Gasteiger partial charge is 0.489 e. The van der Waals surface area contributed by atoms with Gasteiger partial charge >= 0.3 is 0 Å². The van der Waals surface area contributed by atoms with Crippen LogP contribution in [-0.2, 0) is 13.0 Å². The average molecular weight is 321 g/mol. The van der Waals surface area contributed by atoms with Crippen molar-refractivity contribution in [3.63, 3.8) is 0 Å². The molecule has 2 aromatic rings. The number of rotatable bonds is 6. The summed E-state index contributed by atoms with van der Waals surface area (Å²) < 4.78 is 6.80. The highest BCUT2D eigenvalue weighted by molar-refractivity contribution is 9.10. The molecular weight excluding hydrogens is 304 g/mol. The highest BCUT2D eigenvalue weighted by Crippen LogP contribution is 2.16. The fourth-order valence-electron chi connectivity index (χ4n) is 1.78. The third kappa shape index (κ3) is 4.69. The number of benzene rings is 2. The van der Waals surface area contributed by atoms with E-state index in [-0.39, 0.29) is 6.61 Å². The van der Waals surface area contributed by atoms with E-state index < -0.39 is 0 Å². The first-order chi connectivity index (χ1) is 9.28. The minimum Gasteiger partial charge on any atom is -0.489 e. The molecule has 2 rings (SSSR count). The Morgan fingerprint density at radius 2 is 1.53 bits per heavy atom. The zero-order valence-corrected chi connectivity index (χ0v) is 12.3. The minimum atomic E-state index is 0.238. The summed E-state index contributed by atoms with van der Waals surface area (Å²) >= 11 is 3.41. The number of aliphatic hydroxyl groups excluding tert-OH is 1. The Hall–Kier alpha value is -1.32. The van der Waals surface area contributed by atoms with Gasteiger partial charge in [0.25, 0.3) is 0 Å². The van der Waals surface area contributed by atoms with Gasteiger partial charge in [0, 0.05) is 11.1 Å². The molecule has 0 spiro atoms. The second-order valence-electron chi connectivity index (χ2n) is 4.39. The number of aryl methyl sites for hydroxylation is 1. The topological polar surface area (TPSA) is 29.5 Å². The maximum absolute atomic E-state index is 8.78. The molecule has 0 amide bonds. The van der Waals surface area contributed by atoms with E-state index in [4.69, 9.17) is 9.84 Å². The Morgan fingerprint density at radius 1 is 0.895 bits per heavy atom. The SMILES string of the molecule is OCCCc1ccc(OCc2ccc(Br)cc2)cc1. The summed E-state index contributed by atoms with van der Waals surface area (Å²) in [5.74, 6) is 0.871. The van der Waals surface area contributed by atoms with Gasteiger partial charge in [-0.2, -0.15) is 0 Å². The van der Waals surface area contributed by atoms with Crippen LogP contribution in [0.25, 0.3) is 0 Å². The molecule has 0 aromatic heterocycles. The summed E-state index contributed by atoms with van der Waals surface area (Å²) in [5, 5.41) is 8.78. The zero-order valence-electron chi connectivity index (χ0n) is 10.7.